The molecule has 4 aromatic rings. The van der Waals surface area contributed by atoms with Gasteiger partial charge in [-0.05, 0) is 18.6 Å². The molecule has 0 aliphatic rings. The summed E-state index contributed by atoms with van der Waals surface area (Å²) in [5.41, 5.74) is 1.79. The van der Waals surface area contributed by atoms with Crippen LogP contribution in [-0.2, 0) is 6.54 Å². The average Bonchev–Trinajstić information content (AvgIpc) is 2.95. The fraction of sp³-hybridized carbons (Fsp3) is 0.118. The summed E-state index contributed by atoms with van der Waals surface area (Å²) in [6, 6.07) is 15.8. The molecule has 5 nitrogen and oxygen atoms in total. The maximum Gasteiger partial charge on any atom is 0.185 e. The van der Waals surface area contributed by atoms with Gasteiger partial charge in [-0.3, -0.25) is 0 Å². The Labute approximate surface area is 137 Å². The van der Waals surface area contributed by atoms with Crippen LogP contribution in [0, 0.1) is 6.92 Å². The Morgan fingerprint density at radius 2 is 1.74 bits per heavy atom. The van der Waals surface area contributed by atoms with Crippen LogP contribution in [0.1, 0.15) is 11.4 Å². The van der Waals surface area contributed by atoms with Crippen molar-refractivity contribution in [2.75, 3.05) is 5.32 Å². The molecule has 0 unspecified atom stereocenters. The number of nitrogens with one attached hydrogen (secondary N) is 1. The number of aromatic nitrogens is 4. The van der Waals surface area contributed by atoms with E-state index in [9.17, 15) is 0 Å². The molecule has 1 N–H and O–H groups in total. The number of halogens is 1. The maximum atomic E-state index is 6.23. The standard InChI is InChI=1S/C17H14ClN5/c1-11-20-21-17-14-8-4-3-7-13(14)16(22-23(11)17)19-10-12-6-2-5-9-15(12)18/h2-9H,10H2,1H3,(H,19,22). The van der Waals surface area contributed by atoms with Gasteiger partial charge in [0, 0.05) is 22.3 Å². The van der Waals surface area contributed by atoms with Crippen molar-refractivity contribution in [3.05, 3.63) is 64.9 Å². The van der Waals surface area contributed by atoms with E-state index >= 15 is 0 Å². The highest BCUT2D eigenvalue weighted by Gasteiger charge is 2.12. The van der Waals surface area contributed by atoms with Gasteiger partial charge in [-0.1, -0.05) is 54.1 Å². The van der Waals surface area contributed by atoms with Crippen molar-refractivity contribution >= 4 is 33.8 Å². The Hall–Kier alpha value is -2.66. The quantitative estimate of drug-likeness (QED) is 0.622. The minimum atomic E-state index is 0.601. The number of anilines is 1. The summed E-state index contributed by atoms with van der Waals surface area (Å²) < 4.78 is 1.76. The van der Waals surface area contributed by atoms with Crippen LogP contribution in [0.5, 0.6) is 0 Å². The van der Waals surface area contributed by atoms with Crippen LogP contribution in [0.2, 0.25) is 5.02 Å². The topological polar surface area (TPSA) is 55.1 Å². The smallest absolute Gasteiger partial charge is 0.185 e. The summed E-state index contributed by atoms with van der Waals surface area (Å²) in [6.07, 6.45) is 0. The highest BCUT2D eigenvalue weighted by atomic mass is 35.5. The van der Waals surface area contributed by atoms with Crippen LogP contribution < -0.4 is 5.32 Å². The lowest BCUT2D eigenvalue weighted by atomic mass is 10.1. The van der Waals surface area contributed by atoms with E-state index in [0.29, 0.717) is 6.54 Å². The Bertz CT molecular complexity index is 1010. The lowest BCUT2D eigenvalue weighted by molar-refractivity contribution is 0.878. The highest BCUT2D eigenvalue weighted by molar-refractivity contribution is 6.31. The van der Waals surface area contributed by atoms with E-state index in [-0.39, 0.29) is 0 Å². The summed E-state index contributed by atoms with van der Waals surface area (Å²) in [7, 11) is 0. The summed E-state index contributed by atoms with van der Waals surface area (Å²) >= 11 is 6.23. The number of hydrogen-bond donors (Lipinski definition) is 1. The Balaban J connectivity index is 1.81. The van der Waals surface area contributed by atoms with Crippen LogP contribution in [0.25, 0.3) is 16.4 Å². The number of nitrogens with zero attached hydrogens (tertiary/aromatic N) is 4. The predicted molar refractivity (Wildman–Crippen MR) is 91.8 cm³/mol. The lowest BCUT2D eigenvalue weighted by Crippen LogP contribution is -2.06. The van der Waals surface area contributed by atoms with Crippen LogP contribution in [0.3, 0.4) is 0 Å². The van der Waals surface area contributed by atoms with E-state index in [1.165, 1.54) is 0 Å². The van der Waals surface area contributed by atoms with Crippen molar-refractivity contribution in [3.8, 4) is 0 Å². The number of benzene rings is 2. The third kappa shape index (κ3) is 2.39. The van der Waals surface area contributed by atoms with Crippen LogP contribution in [-0.4, -0.2) is 19.8 Å². The van der Waals surface area contributed by atoms with Gasteiger partial charge in [0.25, 0.3) is 0 Å². The van der Waals surface area contributed by atoms with E-state index in [1.54, 1.807) is 4.52 Å². The van der Waals surface area contributed by atoms with Gasteiger partial charge in [-0.2, -0.15) is 4.52 Å². The Kier molecular flexibility index (Phi) is 3.35. The minimum Gasteiger partial charge on any atom is -0.364 e. The molecule has 0 aliphatic carbocycles. The molecule has 6 heteroatoms. The van der Waals surface area contributed by atoms with Crippen LogP contribution in [0.15, 0.2) is 48.5 Å². The second-order valence-corrected chi connectivity index (χ2v) is 5.73. The SMILES string of the molecule is Cc1nnc2c3ccccc3c(NCc3ccccc3Cl)nn12. The first-order chi connectivity index (χ1) is 11.2. The summed E-state index contributed by atoms with van der Waals surface area (Å²) in [5.74, 6) is 1.54. The third-order valence-electron chi connectivity index (χ3n) is 3.82. The molecule has 0 fully saturated rings. The van der Waals surface area contributed by atoms with Gasteiger partial charge in [0.05, 0.1) is 0 Å². The van der Waals surface area contributed by atoms with E-state index in [0.717, 1.165) is 38.6 Å². The zero-order chi connectivity index (χ0) is 15.8. The summed E-state index contributed by atoms with van der Waals surface area (Å²) in [5, 5.41) is 19.1. The first kappa shape index (κ1) is 14.0. The number of rotatable bonds is 3. The second kappa shape index (κ2) is 5.52. The third-order valence-corrected chi connectivity index (χ3v) is 4.19. The molecule has 2 aromatic carbocycles. The van der Waals surface area contributed by atoms with Gasteiger partial charge in [0.2, 0.25) is 0 Å². The minimum absolute atomic E-state index is 0.601. The lowest BCUT2D eigenvalue weighted by Gasteiger charge is -2.11. The molecule has 0 saturated carbocycles. The zero-order valence-corrected chi connectivity index (χ0v) is 13.2. The van der Waals surface area contributed by atoms with E-state index in [2.05, 4.69) is 20.6 Å². The second-order valence-electron chi connectivity index (χ2n) is 5.32. The van der Waals surface area contributed by atoms with Crippen molar-refractivity contribution in [2.45, 2.75) is 13.5 Å². The molecule has 0 aliphatic heterocycles. The van der Waals surface area contributed by atoms with Gasteiger partial charge in [-0.25, -0.2) is 0 Å². The molecule has 2 aromatic heterocycles. The van der Waals surface area contributed by atoms with Gasteiger partial charge in [0.15, 0.2) is 17.3 Å². The van der Waals surface area contributed by atoms with Crippen molar-refractivity contribution in [3.63, 3.8) is 0 Å². The van der Waals surface area contributed by atoms with Crippen LogP contribution in [0.4, 0.5) is 5.82 Å². The first-order valence-corrected chi connectivity index (χ1v) is 7.70. The molecule has 0 amide bonds. The van der Waals surface area contributed by atoms with Crippen molar-refractivity contribution in [2.24, 2.45) is 0 Å². The normalized spacial score (nSPS) is 11.2. The summed E-state index contributed by atoms with van der Waals surface area (Å²) in [4.78, 5) is 0. The van der Waals surface area contributed by atoms with Gasteiger partial charge in [0.1, 0.15) is 0 Å². The van der Waals surface area contributed by atoms with E-state index < -0.39 is 0 Å². The Morgan fingerprint density at radius 1 is 1.00 bits per heavy atom. The molecular formula is C17H14ClN5. The molecule has 0 atom stereocenters. The Morgan fingerprint density at radius 3 is 2.57 bits per heavy atom. The molecule has 4 rings (SSSR count). The molecule has 0 radical (unpaired) electrons. The van der Waals surface area contributed by atoms with Crippen molar-refractivity contribution < 1.29 is 0 Å². The van der Waals surface area contributed by atoms with Crippen LogP contribution >= 0.6 is 11.6 Å². The monoisotopic (exact) mass is 323 g/mol. The van der Waals surface area contributed by atoms with E-state index in [4.69, 9.17) is 11.6 Å². The molecule has 0 bridgehead atoms. The molecule has 0 saturated heterocycles. The highest BCUT2D eigenvalue weighted by Crippen LogP contribution is 2.25. The average molecular weight is 324 g/mol. The van der Waals surface area contributed by atoms with Gasteiger partial charge < -0.3 is 5.32 Å². The van der Waals surface area contributed by atoms with Crippen molar-refractivity contribution in [1.29, 1.82) is 0 Å². The molecule has 114 valence electrons. The molecular weight excluding hydrogens is 310 g/mol. The largest absolute Gasteiger partial charge is 0.364 e. The molecule has 2 heterocycles. The summed E-state index contributed by atoms with van der Waals surface area (Å²) in [6.45, 7) is 2.49. The van der Waals surface area contributed by atoms with Gasteiger partial charge in [-0.15, -0.1) is 15.3 Å². The molecule has 23 heavy (non-hydrogen) atoms. The number of fused-ring (bicyclic) bond motifs is 3. The number of aryl methyl sites for hydroxylation is 1. The van der Waals surface area contributed by atoms with Crippen molar-refractivity contribution in [1.82, 2.24) is 19.8 Å². The fourth-order valence-electron chi connectivity index (χ4n) is 2.64. The number of hydrogen-bond acceptors (Lipinski definition) is 4. The fourth-order valence-corrected chi connectivity index (χ4v) is 2.84. The first-order valence-electron chi connectivity index (χ1n) is 7.32. The predicted octanol–water partition coefficient (Wildman–Crippen LogP) is 3.85. The van der Waals surface area contributed by atoms with E-state index in [1.807, 2.05) is 55.5 Å². The van der Waals surface area contributed by atoms with Gasteiger partial charge >= 0.3 is 0 Å². The maximum absolute atomic E-state index is 6.23. The zero-order valence-electron chi connectivity index (χ0n) is 12.5. The molecule has 0 spiro atoms.